The molecule has 3 aromatic heterocycles. The highest BCUT2D eigenvalue weighted by atomic mass is 16.5. The van der Waals surface area contributed by atoms with Crippen LogP contribution in [0.25, 0.3) is 56.4 Å². The fourth-order valence-electron chi connectivity index (χ4n) is 5.56. The van der Waals surface area contributed by atoms with E-state index in [0.717, 1.165) is 67.5 Å². The number of rotatable bonds is 19. The molecule has 6 aromatic rings. The molecule has 0 unspecified atom stereocenters. The van der Waals surface area contributed by atoms with Crippen molar-refractivity contribution in [2.45, 2.75) is 13.2 Å². The third kappa shape index (κ3) is 10.2. The van der Waals surface area contributed by atoms with Crippen LogP contribution in [0.3, 0.4) is 0 Å². The van der Waals surface area contributed by atoms with Crippen LogP contribution in [0, 0.1) is 0 Å². The van der Waals surface area contributed by atoms with Gasteiger partial charge in [0.15, 0.2) is 0 Å². The molecule has 0 fully saturated rings. The Morgan fingerprint density at radius 2 is 0.808 bits per heavy atom. The number of hydrogen-bond acceptors (Lipinski definition) is 7. The molecule has 0 aliphatic carbocycles. The number of nitrogens with zero attached hydrogens (tertiary/aromatic N) is 3. The van der Waals surface area contributed by atoms with Crippen molar-refractivity contribution in [3.63, 3.8) is 0 Å². The molecule has 3 heterocycles. The Kier molecular flexibility index (Phi) is 13.3. The van der Waals surface area contributed by atoms with Gasteiger partial charge in [0.2, 0.25) is 0 Å². The Morgan fingerprint density at radius 1 is 0.385 bits per heavy atom. The molecule has 0 aliphatic rings. The summed E-state index contributed by atoms with van der Waals surface area (Å²) >= 11 is 0. The molecule has 0 aliphatic heterocycles. The highest BCUT2D eigenvalue weighted by Gasteiger charge is 2.13. The second kappa shape index (κ2) is 19.2. The van der Waals surface area contributed by atoms with Crippen LogP contribution in [-0.4, -0.2) is 54.6 Å². The molecule has 0 spiro atoms. The van der Waals surface area contributed by atoms with Crippen molar-refractivity contribution in [3.05, 3.63) is 164 Å². The lowest BCUT2D eigenvalue weighted by Crippen LogP contribution is -2.04. The number of hydrogen-bond donors (Lipinski definition) is 0. The summed E-state index contributed by atoms with van der Waals surface area (Å²) in [5.41, 5.74) is 11.2. The van der Waals surface area contributed by atoms with E-state index < -0.39 is 0 Å². The molecule has 52 heavy (non-hydrogen) atoms. The van der Waals surface area contributed by atoms with Gasteiger partial charge >= 0.3 is 0 Å². The van der Waals surface area contributed by atoms with E-state index in [1.54, 1.807) is 12.2 Å². The maximum absolute atomic E-state index is 5.75. The molecular weight excluding hydrogens is 647 g/mol. The lowest BCUT2D eigenvalue weighted by Gasteiger charge is -2.12. The molecule has 0 saturated heterocycles. The minimum absolute atomic E-state index is 0.521. The van der Waals surface area contributed by atoms with Gasteiger partial charge in [-0.1, -0.05) is 103 Å². The topological polar surface area (TPSA) is 75.6 Å². The molecule has 7 heteroatoms. The van der Waals surface area contributed by atoms with Crippen molar-refractivity contribution >= 4 is 0 Å². The Morgan fingerprint density at radius 3 is 1.27 bits per heavy atom. The van der Waals surface area contributed by atoms with E-state index >= 15 is 0 Å². The van der Waals surface area contributed by atoms with Crippen LogP contribution in [0.1, 0.15) is 11.1 Å². The first-order valence-electron chi connectivity index (χ1n) is 17.4. The van der Waals surface area contributed by atoms with Crippen molar-refractivity contribution in [3.8, 4) is 56.4 Å². The molecule has 0 bridgehead atoms. The van der Waals surface area contributed by atoms with Crippen LogP contribution in [0.15, 0.2) is 153 Å². The highest BCUT2D eigenvalue weighted by molar-refractivity contribution is 5.76. The van der Waals surface area contributed by atoms with Crippen molar-refractivity contribution < 1.29 is 18.9 Å². The maximum Gasteiger partial charge on any atom is 0.0900 e. The number of pyridine rings is 3. The zero-order valence-electron chi connectivity index (χ0n) is 29.3. The summed E-state index contributed by atoms with van der Waals surface area (Å²) in [4.78, 5) is 15.3. The lowest BCUT2D eigenvalue weighted by molar-refractivity contribution is 0.0504. The van der Waals surface area contributed by atoms with Gasteiger partial charge in [-0.15, -0.1) is 13.2 Å². The summed E-state index contributed by atoms with van der Waals surface area (Å²) in [6.07, 6.45) is 3.47. The van der Waals surface area contributed by atoms with E-state index in [-0.39, 0.29) is 0 Å². The molecule has 0 N–H and O–H groups in total. The number of aromatic nitrogens is 3. The molecular formula is C45H43N3O4. The minimum Gasteiger partial charge on any atom is -0.375 e. The summed E-state index contributed by atoms with van der Waals surface area (Å²) in [6.45, 7) is 11.6. The maximum atomic E-state index is 5.75. The molecule has 6 rings (SSSR count). The summed E-state index contributed by atoms with van der Waals surface area (Å²) in [5.74, 6) is 0. The van der Waals surface area contributed by atoms with Gasteiger partial charge in [0.1, 0.15) is 0 Å². The predicted molar refractivity (Wildman–Crippen MR) is 208 cm³/mol. The van der Waals surface area contributed by atoms with Crippen molar-refractivity contribution in [2.24, 2.45) is 0 Å². The van der Waals surface area contributed by atoms with Crippen LogP contribution in [0.4, 0.5) is 0 Å². The van der Waals surface area contributed by atoms with Gasteiger partial charge in [0.25, 0.3) is 0 Å². The van der Waals surface area contributed by atoms with E-state index in [4.69, 9.17) is 33.9 Å². The van der Waals surface area contributed by atoms with Crippen molar-refractivity contribution in [2.75, 3.05) is 39.6 Å². The van der Waals surface area contributed by atoms with Crippen LogP contribution in [0.2, 0.25) is 0 Å². The quantitative estimate of drug-likeness (QED) is 0.0619. The van der Waals surface area contributed by atoms with Crippen LogP contribution in [-0.2, 0) is 32.2 Å². The van der Waals surface area contributed by atoms with Gasteiger partial charge in [-0.25, -0.2) is 15.0 Å². The molecule has 3 aromatic carbocycles. The van der Waals surface area contributed by atoms with Crippen LogP contribution in [0.5, 0.6) is 0 Å². The Bertz CT molecular complexity index is 1900. The predicted octanol–water partition coefficient (Wildman–Crippen LogP) is 9.65. The Labute approximate surface area is 306 Å². The first-order valence-corrected chi connectivity index (χ1v) is 17.4. The summed E-state index contributed by atoms with van der Waals surface area (Å²) in [6, 6.07) is 43.2. The van der Waals surface area contributed by atoms with Gasteiger partial charge in [-0.05, 0) is 58.7 Å². The molecule has 0 amide bonds. The van der Waals surface area contributed by atoms with E-state index in [9.17, 15) is 0 Å². The Balaban J connectivity index is 1.22. The smallest absolute Gasteiger partial charge is 0.0900 e. The van der Waals surface area contributed by atoms with Crippen LogP contribution >= 0.6 is 0 Å². The van der Waals surface area contributed by atoms with E-state index in [2.05, 4.69) is 86.0 Å². The highest BCUT2D eigenvalue weighted by Crippen LogP contribution is 2.31. The zero-order chi connectivity index (χ0) is 35.8. The molecule has 0 radical (unpaired) electrons. The normalized spacial score (nSPS) is 11.0. The molecule has 262 valence electrons. The average Bonchev–Trinajstić information content (AvgIpc) is 3.21. The monoisotopic (exact) mass is 689 g/mol. The number of ether oxygens (including phenoxy) is 4. The second-order valence-corrected chi connectivity index (χ2v) is 12.0. The summed E-state index contributed by atoms with van der Waals surface area (Å²) < 4.78 is 22.3. The Hall–Kier alpha value is -5.57. The molecule has 0 atom stereocenters. The van der Waals surface area contributed by atoms with Crippen LogP contribution < -0.4 is 0 Å². The summed E-state index contributed by atoms with van der Waals surface area (Å²) in [5, 5.41) is 0. The second-order valence-electron chi connectivity index (χ2n) is 12.0. The lowest BCUT2D eigenvalue weighted by atomic mass is 10.0. The molecule has 7 nitrogen and oxygen atoms in total. The summed E-state index contributed by atoms with van der Waals surface area (Å²) in [7, 11) is 0. The van der Waals surface area contributed by atoms with Crippen molar-refractivity contribution in [1.29, 1.82) is 0 Å². The van der Waals surface area contributed by atoms with E-state index in [0.29, 0.717) is 52.9 Å². The third-order valence-corrected chi connectivity index (χ3v) is 8.21. The minimum atomic E-state index is 0.521. The van der Waals surface area contributed by atoms with Gasteiger partial charge in [-0.3, -0.25) is 0 Å². The van der Waals surface area contributed by atoms with Gasteiger partial charge in [0.05, 0.1) is 87.0 Å². The third-order valence-electron chi connectivity index (χ3n) is 8.21. The fraction of sp³-hybridized carbons (Fsp3) is 0.178. The largest absolute Gasteiger partial charge is 0.375 e. The van der Waals surface area contributed by atoms with Gasteiger partial charge in [0, 0.05) is 11.1 Å². The average molecular weight is 690 g/mol. The molecule has 0 saturated carbocycles. The van der Waals surface area contributed by atoms with Gasteiger partial charge in [-0.2, -0.15) is 0 Å². The number of benzene rings is 3. The van der Waals surface area contributed by atoms with E-state index in [1.807, 2.05) is 54.6 Å². The van der Waals surface area contributed by atoms with E-state index in [1.165, 1.54) is 0 Å². The first kappa shape index (κ1) is 36.2. The SMILES string of the molecule is C=CCOCCOCc1ccc(-c2cccc(-c3cc(-c4ccccc4)cc(-c4cccc(-c5ccc(COCCOCC=C)cc5)n4)n3)n2)cc1. The standard InChI is InChI=1S/C45H43N3O4/c1-3-24-49-26-28-51-32-34-16-20-37(21-17-34)40-12-8-14-42(46-40)44-30-39(36-10-6-5-7-11-36)31-45(48-44)43-15-9-13-41(47-43)38-22-18-35(19-23-38)33-52-29-27-50-25-4-2/h3-23,30-31H,1-2,24-29,32-33H2. The van der Waals surface area contributed by atoms with Crippen molar-refractivity contribution in [1.82, 2.24) is 15.0 Å². The first-order chi connectivity index (χ1) is 25.7. The fourth-order valence-corrected chi connectivity index (χ4v) is 5.56. The van der Waals surface area contributed by atoms with Gasteiger partial charge < -0.3 is 18.9 Å². The zero-order valence-corrected chi connectivity index (χ0v) is 29.3.